The molecule has 9 nitrogen and oxygen atoms in total. The second-order valence-corrected chi connectivity index (χ2v) is 10.9. The number of aliphatic hydroxyl groups excluding tert-OH is 1. The van der Waals surface area contributed by atoms with Crippen LogP contribution in [0.5, 0.6) is 0 Å². The van der Waals surface area contributed by atoms with Gasteiger partial charge in [-0.15, -0.1) is 0 Å². The van der Waals surface area contributed by atoms with Gasteiger partial charge in [0, 0.05) is 23.7 Å². The zero-order valence-electron chi connectivity index (χ0n) is 21.1. The van der Waals surface area contributed by atoms with E-state index in [0.717, 1.165) is 26.9 Å². The molecule has 40 heavy (non-hydrogen) atoms. The first-order valence-corrected chi connectivity index (χ1v) is 14.2. The van der Waals surface area contributed by atoms with Gasteiger partial charge in [0.15, 0.2) is 10.8 Å². The monoisotopic (exact) mass is 568 g/mol. The first kappa shape index (κ1) is 25.7. The molecule has 4 aromatic heterocycles. The largest absolute Gasteiger partial charge is 0.394 e. The molecule has 0 radical (unpaired) electrons. The number of nitrogens with one attached hydrogen (secondary N) is 2. The van der Waals surface area contributed by atoms with Crippen LogP contribution in [0.3, 0.4) is 0 Å². The van der Waals surface area contributed by atoms with Crippen molar-refractivity contribution < 1.29 is 14.7 Å². The quantitative estimate of drug-likeness (QED) is 0.211. The molecular weight excluding hydrogens is 544 g/mol. The number of aromatic nitrogens is 3. The van der Waals surface area contributed by atoms with E-state index in [-0.39, 0.29) is 18.2 Å². The molecule has 0 aliphatic rings. The molecule has 5 N–H and O–H groups in total. The summed E-state index contributed by atoms with van der Waals surface area (Å²) >= 11 is 2.88. The minimum atomic E-state index is -0.604. The molecule has 0 aliphatic carbocycles. The number of thiophene rings is 1. The third-order valence-electron chi connectivity index (χ3n) is 6.52. The predicted molar refractivity (Wildman–Crippen MR) is 157 cm³/mol. The van der Waals surface area contributed by atoms with Gasteiger partial charge in [0.05, 0.1) is 28.4 Å². The molecule has 2 aromatic carbocycles. The number of rotatable bonds is 8. The average molecular weight is 569 g/mol. The van der Waals surface area contributed by atoms with Crippen LogP contribution >= 0.6 is 22.7 Å². The number of nitrogens with two attached hydrogens (primary N) is 1. The Hall–Kier alpha value is -4.58. The highest BCUT2D eigenvalue weighted by atomic mass is 32.1. The van der Waals surface area contributed by atoms with Crippen molar-refractivity contribution in [3.05, 3.63) is 106 Å². The lowest BCUT2D eigenvalue weighted by molar-refractivity contribution is 0.0908. The van der Waals surface area contributed by atoms with Crippen molar-refractivity contribution in [3.63, 3.8) is 0 Å². The minimum Gasteiger partial charge on any atom is -0.394 e. The smallest absolute Gasteiger partial charge is 0.271 e. The lowest BCUT2D eigenvalue weighted by Gasteiger charge is -2.17. The molecule has 11 heteroatoms. The number of amides is 2. The number of carbonyl (C=O) groups excluding carboxylic acids is 2. The van der Waals surface area contributed by atoms with Crippen molar-refractivity contribution in [1.82, 2.24) is 25.0 Å². The number of pyridine rings is 1. The van der Waals surface area contributed by atoms with Crippen LogP contribution in [0.1, 0.15) is 38.0 Å². The maximum Gasteiger partial charge on any atom is 0.271 e. The number of anilines is 1. The topological polar surface area (TPSA) is 135 Å². The summed E-state index contributed by atoms with van der Waals surface area (Å²) in [5, 5.41) is 20.2. The van der Waals surface area contributed by atoms with Crippen LogP contribution in [0.25, 0.3) is 27.1 Å². The number of thiazole rings is 1. The first-order valence-electron chi connectivity index (χ1n) is 12.5. The molecule has 0 fully saturated rings. The lowest BCUT2D eigenvalue weighted by atomic mass is 10.1. The van der Waals surface area contributed by atoms with Gasteiger partial charge in [-0.2, -0.15) is 11.3 Å². The molecule has 4 heterocycles. The Bertz CT molecular complexity index is 1830. The first-order chi connectivity index (χ1) is 19.5. The highest BCUT2D eigenvalue weighted by molar-refractivity contribution is 7.22. The van der Waals surface area contributed by atoms with Crippen molar-refractivity contribution >= 4 is 55.5 Å². The molecule has 0 bridgehead atoms. The molecule has 2 amide bonds. The Morgan fingerprint density at radius 1 is 1.02 bits per heavy atom. The summed E-state index contributed by atoms with van der Waals surface area (Å²) in [6.07, 6.45) is 1.71. The van der Waals surface area contributed by atoms with Crippen molar-refractivity contribution in [2.75, 3.05) is 12.3 Å². The van der Waals surface area contributed by atoms with E-state index in [0.29, 0.717) is 28.6 Å². The van der Waals surface area contributed by atoms with Crippen LogP contribution in [0, 0.1) is 0 Å². The van der Waals surface area contributed by atoms with Gasteiger partial charge in [-0.05, 0) is 46.8 Å². The number of benzene rings is 2. The third-order valence-corrected chi connectivity index (χ3v) is 8.05. The summed E-state index contributed by atoms with van der Waals surface area (Å²) in [6.45, 7) is 0.0299. The van der Waals surface area contributed by atoms with Gasteiger partial charge in [0.1, 0.15) is 11.4 Å². The predicted octanol–water partition coefficient (Wildman–Crippen LogP) is 4.65. The van der Waals surface area contributed by atoms with Gasteiger partial charge in [0.2, 0.25) is 0 Å². The van der Waals surface area contributed by atoms with Crippen molar-refractivity contribution in [1.29, 1.82) is 0 Å². The Kier molecular flexibility index (Phi) is 6.99. The van der Waals surface area contributed by atoms with Gasteiger partial charge in [0.25, 0.3) is 11.8 Å². The van der Waals surface area contributed by atoms with Gasteiger partial charge < -0.3 is 21.5 Å². The third kappa shape index (κ3) is 4.93. The van der Waals surface area contributed by atoms with E-state index in [1.807, 2.05) is 65.4 Å². The van der Waals surface area contributed by atoms with Crippen LogP contribution in [0.4, 0.5) is 5.13 Å². The summed E-state index contributed by atoms with van der Waals surface area (Å²) in [5.74, 6) is -0.729. The standard InChI is InChI=1S/C29H24N6O3S2/c30-29-33-21-9-8-17(13-23(21)40-29)14-31-27(37)20-7-4-11-35-25(24(34-26(20)35)19-10-12-39-16-19)28(38)32-22(15-36)18-5-2-1-3-6-18/h1-13,16,22,36H,14-15H2,(H2,30,33)(H,31,37)(H,32,38). The summed E-state index contributed by atoms with van der Waals surface area (Å²) in [4.78, 5) is 36.1. The van der Waals surface area contributed by atoms with Gasteiger partial charge in [-0.1, -0.05) is 47.7 Å². The number of fused-ring (bicyclic) bond motifs is 2. The lowest BCUT2D eigenvalue weighted by Crippen LogP contribution is -2.32. The van der Waals surface area contributed by atoms with E-state index >= 15 is 0 Å². The maximum atomic E-state index is 13.7. The fourth-order valence-electron chi connectivity index (χ4n) is 4.58. The van der Waals surface area contributed by atoms with Crippen LogP contribution in [-0.2, 0) is 6.54 Å². The molecule has 1 atom stereocenters. The summed E-state index contributed by atoms with van der Waals surface area (Å²) in [5.41, 5.74) is 10.5. The fraction of sp³-hybridized carbons (Fsp3) is 0.103. The highest BCUT2D eigenvalue weighted by Gasteiger charge is 2.26. The number of nitrogens with zero attached hydrogens (tertiary/aromatic N) is 3. The van der Waals surface area contributed by atoms with E-state index in [2.05, 4.69) is 15.6 Å². The Morgan fingerprint density at radius 3 is 2.65 bits per heavy atom. The number of hydrogen-bond acceptors (Lipinski definition) is 8. The minimum absolute atomic E-state index is 0.270. The van der Waals surface area contributed by atoms with E-state index in [4.69, 9.17) is 10.7 Å². The summed E-state index contributed by atoms with van der Waals surface area (Å²) < 4.78 is 2.58. The van der Waals surface area contributed by atoms with Crippen LogP contribution in [0.15, 0.2) is 83.7 Å². The fourth-order valence-corrected chi connectivity index (χ4v) is 6.02. The Balaban J connectivity index is 1.33. The van der Waals surface area contributed by atoms with Crippen molar-refractivity contribution in [3.8, 4) is 11.3 Å². The number of imidazole rings is 1. The van der Waals surface area contributed by atoms with E-state index in [1.54, 1.807) is 22.7 Å². The SMILES string of the molecule is Nc1nc2ccc(CNC(=O)c3cccn4c(C(=O)NC(CO)c5ccccc5)c(-c5ccsc5)nc34)cc2s1. The van der Waals surface area contributed by atoms with Crippen LogP contribution in [-0.4, -0.2) is 37.9 Å². The molecule has 0 saturated carbocycles. The zero-order chi connectivity index (χ0) is 27.6. The molecule has 200 valence electrons. The van der Waals surface area contributed by atoms with Gasteiger partial charge in [-0.3, -0.25) is 14.0 Å². The van der Waals surface area contributed by atoms with Gasteiger partial charge in [-0.25, -0.2) is 9.97 Å². The molecule has 0 spiro atoms. The highest BCUT2D eigenvalue weighted by Crippen LogP contribution is 2.29. The summed E-state index contributed by atoms with van der Waals surface area (Å²) in [6, 6.07) is 19.7. The normalized spacial score (nSPS) is 12.0. The van der Waals surface area contributed by atoms with Crippen molar-refractivity contribution in [2.45, 2.75) is 12.6 Å². The van der Waals surface area contributed by atoms with E-state index in [1.165, 1.54) is 22.7 Å². The Morgan fingerprint density at radius 2 is 1.88 bits per heavy atom. The molecule has 1 unspecified atom stereocenters. The van der Waals surface area contributed by atoms with E-state index in [9.17, 15) is 14.7 Å². The number of hydrogen-bond donors (Lipinski definition) is 4. The van der Waals surface area contributed by atoms with Crippen LogP contribution in [0.2, 0.25) is 0 Å². The average Bonchev–Trinajstić information content (AvgIpc) is 3.72. The molecular formula is C29H24N6O3S2. The number of aliphatic hydroxyl groups is 1. The molecule has 6 aromatic rings. The van der Waals surface area contributed by atoms with Crippen LogP contribution < -0.4 is 16.4 Å². The summed E-state index contributed by atoms with van der Waals surface area (Å²) in [7, 11) is 0. The molecule has 0 aliphatic heterocycles. The van der Waals surface area contributed by atoms with Crippen molar-refractivity contribution in [2.24, 2.45) is 0 Å². The second-order valence-electron chi connectivity index (χ2n) is 9.09. The second kappa shape index (κ2) is 10.9. The zero-order valence-corrected chi connectivity index (χ0v) is 22.7. The number of nitrogen functional groups attached to an aromatic ring is 1. The number of carbonyl (C=O) groups is 2. The molecule has 0 saturated heterocycles. The Labute approximate surface area is 237 Å². The van der Waals surface area contributed by atoms with Gasteiger partial charge >= 0.3 is 0 Å². The molecule has 6 rings (SSSR count). The maximum absolute atomic E-state index is 13.7. The van der Waals surface area contributed by atoms with E-state index < -0.39 is 11.9 Å².